The SMILES string of the molecule is OC1CCCCC1.[K]. The Morgan fingerprint density at radius 1 is 1.00 bits per heavy atom. The third kappa shape index (κ3) is 3.59. The molecule has 8 heavy (non-hydrogen) atoms. The van der Waals surface area contributed by atoms with E-state index in [2.05, 4.69) is 0 Å². The summed E-state index contributed by atoms with van der Waals surface area (Å²) in [4.78, 5) is 0. The Balaban J connectivity index is 0.000000490. The standard InChI is InChI=1S/C6H12O.K/c7-6-4-2-1-3-5-6;/h6-7H,1-5H2;. The molecule has 0 aliphatic heterocycles. The van der Waals surface area contributed by atoms with E-state index in [9.17, 15) is 0 Å². The summed E-state index contributed by atoms with van der Waals surface area (Å²) in [6, 6.07) is 0. The quantitative estimate of drug-likeness (QED) is 0.495. The van der Waals surface area contributed by atoms with Crippen molar-refractivity contribution >= 4 is 51.4 Å². The summed E-state index contributed by atoms with van der Waals surface area (Å²) in [5, 5.41) is 8.91. The van der Waals surface area contributed by atoms with Crippen molar-refractivity contribution in [1.82, 2.24) is 0 Å². The van der Waals surface area contributed by atoms with Gasteiger partial charge >= 0.3 is 0 Å². The van der Waals surface area contributed by atoms with Gasteiger partial charge in [0.25, 0.3) is 0 Å². The molecule has 1 N–H and O–H groups in total. The Kier molecular flexibility index (Phi) is 6.46. The molecule has 0 heterocycles. The fourth-order valence-corrected chi connectivity index (χ4v) is 1.08. The van der Waals surface area contributed by atoms with Gasteiger partial charge in [-0.25, -0.2) is 0 Å². The first-order chi connectivity index (χ1) is 3.39. The number of hydrogen-bond donors (Lipinski definition) is 1. The van der Waals surface area contributed by atoms with Gasteiger partial charge < -0.3 is 5.11 Å². The van der Waals surface area contributed by atoms with Crippen molar-refractivity contribution in [3.8, 4) is 0 Å². The Morgan fingerprint density at radius 3 is 1.75 bits per heavy atom. The normalized spacial score (nSPS) is 22.1. The van der Waals surface area contributed by atoms with E-state index < -0.39 is 0 Å². The second kappa shape index (κ2) is 5.39. The predicted octanol–water partition coefficient (Wildman–Crippen LogP) is 0.931. The maximum absolute atomic E-state index is 8.91. The van der Waals surface area contributed by atoms with Gasteiger partial charge in [-0.2, -0.15) is 0 Å². The van der Waals surface area contributed by atoms with Crippen LogP contribution in [0.25, 0.3) is 0 Å². The molecular formula is C6H12KO. The van der Waals surface area contributed by atoms with Crippen LogP contribution in [0.4, 0.5) is 0 Å². The van der Waals surface area contributed by atoms with Gasteiger partial charge in [0.15, 0.2) is 0 Å². The zero-order valence-corrected chi connectivity index (χ0v) is 8.68. The fraction of sp³-hybridized carbons (Fsp3) is 1.00. The number of aliphatic hydroxyl groups excluding tert-OH is 1. The average molecular weight is 139 g/mol. The van der Waals surface area contributed by atoms with Crippen LogP contribution in [-0.4, -0.2) is 62.6 Å². The average Bonchev–Trinajstić information content (AvgIpc) is 1.69. The molecule has 1 fully saturated rings. The fourth-order valence-electron chi connectivity index (χ4n) is 1.08. The van der Waals surface area contributed by atoms with Crippen molar-refractivity contribution in [1.29, 1.82) is 0 Å². The first-order valence-electron chi connectivity index (χ1n) is 3.07. The Labute approximate surface area is 93.3 Å². The molecule has 1 saturated carbocycles. The third-order valence-corrected chi connectivity index (χ3v) is 1.57. The third-order valence-electron chi connectivity index (χ3n) is 1.57. The molecule has 0 spiro atoms. The van der Waals surface area contributed by atoms with Crippen LogP contribution in [0.3, 0.4) is 0 Å². The monoisotopic (exact) mass is 139 g/mol. The molecule has 0 aromatic heterocycles. The van der Waals surface area contributed by atoms with E-state index in [-0.39, 0.29) is 57.5 Å². The summed E-state index contributed by atoms with van der Waals surface area (Å²) >= 11 is 0. The number of rotatable bonds is 0. The van der Waals surface area contributed by atoms with Gasteiger partial charge in [-0.3, -0.25) is 0 Å². The van der Waals surface area contributed by atoms with E-state index in [1.165, 1.54) is 19.3 Å². The van der Waals surface area contributed by atoms with Crippen molar-refractivity contribution < 1.29 is 5.11 Å². The van der Waals surface area contributed by atoms with Gasteiger partial charge in [0.1, 0.15) is 0 Å². The zero-order chi connectivity index (χ0) is 5.11. The summed E-state index contributed by atoms with van der Waals surface area (Å²) in [6.45, 7) is 0. The van der Waals surface area contributed by atoms with Gasteiger partial charge in [0.2, 0.25) is 0 Å². The first kappa shape index (κ1) is 9.60. The Hall–Kier alpha value is 1.60. The molecular weight excluding hydrogens is 127 g/mol. The van der Waals surface area contributed by atoms with Crippen LogP contribution < -0.4 is 0 Å². The Morgan fingerprint density at radius 2 is 1.50 bits per heavy atom. The summed E-state index contributed by atoms with van der Waals surface area (Å²) in [5.74, 6) is 0. The molecule has 0 aromatic carbocycles. The van der Waals surface area contributed by atoms with Gasteiger partial charge in [0, 0.05) is 51.4 Å². The van der Waals surface area contributed by atoms with Crippen LogP contribution in [-0.2, 0) is 0 Å². The molecule has 1 radical (unpaired) electrons. The minimum absolute atomic E-state index is 0. The van der Waals surface area contributed by atoms with E-state index in [0.29, 0.717) is 0 Å². The summed E-state index contributed by atoms with van der Waals surface area (Å²) in [6.07, 6.45) is 5.92. The van der Waals surface area contributed by atoms with Crippen LogP contribution in [0.2, 0.25) is 0 Å². The second-order valence-corrected chi connectivity index (χ2v) is 2.29. The van der Waals surface area contributed by atoms with Gasteiger partial charge in [-0.15, -0.1) is 0 Å². The van der Waals surface area contributed by atoms with Crippen molar-refractivity contribution in [3.05, 3.63) is 0 Å². The van der Waals surface area contributed by atoms with Crippen LogP contribution >= 0.6 is 0 Å². The van der Waals surface area contributed by atoms with Crippen molar-refractivity contribution in [2.45, 2.75) is 38.2 Å². The molecule has 1 aliphatic carbocycles. The largest absolute Gasteiger partial charge is 0.393 e. The van der Waals surface area contributed by atoms with Gasteiger partial charge in [-0.05, 0) is 12.8 Å². The molecule has 0 atom stereocenters. The smallest absolute Gasteiger partial charge is 0.0540 e. The zero-order valence-electron chi connectivity index (χ0n) is 5.56. The molecule has 1 aliphatic rings. The molecule has 43 valence electrons. The molecule has 0 unspecified atom stereocenters. The van der Waals surface area contributed by atoms with E-state index in [1.807, 2.05) is 0 Å². The van der Waals surface area contributed by atoms with E-state index in [0.717, 1.165) is 12.8 Å². The summed E-state index contributed by atoms with van der Waals surface area (Å²) in [7, 11) is 0. The van der Waals surface area contributed by atoms with Crippen molar-refractivity contribution in [2.24, 2.45) is 0 Å². The number of aliphatic hydroxyl groups is 1. The molecule has 0 amide bonds. The molecule has 2 heteroatoms. The second-order valence-electron chi connectivity index (χ2n) is 2.29. The van der Waals surface area contributed by atoms with Crippen molar-refractivity contribution in [2.75, 3.05) is 0 Å². The molecule has 0 saturated heterocycles. The number of hydrogen-bond acceptors (Lipinski definition) is 1. The summed E-state index contributed by atoms with van der Waals surface area (Å²) < 4.78 is 0. The first-order valence-corrected chi connectivity index (χ1v) is 3.07. The van der Waals surface area contributed by atoms with Crippen LogP contribution in [0, 0.1) is 0 Å². The topological polar surface area (TPSA) is 20.2 Å². The van der Waals surface area contributed by atoms with E-state index in [1.54, 1.807) is 0 Å². The van der Waals surface area contributed by atoms with Crippen molar-refractivity contribution in [3.63, 3.8) is 0 Å². The molecule has 1 nitrogen and oxygen atoms in total. The van der Waals surface area contributed by atoms with E-state index in [4.69, 9.17) is 5.11 Å². The maximum atomic E-state index is 8.91. The van der Waals surface area contributed by atoms with Gasteiger partial charge in [0.05, 0.1) is 6.10 Å². The molecule has 0 aromatic rings. The van der Waals surface area contributed by atoms with Crippen LogP contribution in [0.5, 0.6) is 0 Å². The predicted molar refractivity (Wildman–Crippen MR) is 34.8 cm³/mol. The van der Waals surface area contributed by atoms with Crippen LogP contribution in [0.15, 0.2) is 0 Å². The minimum Gasteiger partial charge on any atom is -0.393 e. The van der Waals surface area contributed by atoms with E-state index >= 15 is 0 Å². The maximum Gasteiger partial charge on any atom is 0.0540 e. The molecule has 1 rings (SSSR count). The summed E-state index contributed by atoms with van der Waals surface area (Å²) in [5.41, 5.74) is 0. The molecule has 0 bridgehead atoms. The minimum atomic E-state index is 0. The Bertz CT molecular complexity index is 50.5. The van der Waals surface area contributed by atoms with Gasteiger partial charge in [-0.1, -0.05) is 19.3 Å². The van der Waals surface area contributed by atoms with Crippen LogP contribution in [0.1, 0.15) is 32.1 Å².